The van der Waals surface area contributed by atoms with Crippen molar-refractivity contribution < 1.29 is 14.3 Å². The molecule has 1 rings (SSSR count). The number of hydrogen-bond donors (Lipinski definition) is 0. The lowest BCUT2D eigenvalue weighted by Gasteiger charge is -2.33. The molecule has 0 aliphatic heterocycles. The Balaban J connectivity index is 2.67. The standard InChI is InChI=1S/C13H22O3/c1-4-6-10-9(3)11(7-8-12(10)14)13(15)16-5-2/h9-11H,4-8H2,1-3H3. The lowest BCUT2D eigenvalue weighted by molar-refractivity contribution is -0.153. The van der Waals surface area contributed by atoms with Crippen molar-refractivity contribution in [2.24, 2.45) is 17.8 Å². The zero-order valence-corrected chi connectivity index (χ0v) is 10.5. The lowest BCUT2D eigenvalue weighted by atomic mass is 9.70. The van der Waals surface area contributed by atoms with Crippen LogP contribution in [0.1, 0.15) is 46.5 Å². The number of carbonyl (C=O) groups is 2. The van der Waals surface area contributed by atoms with Gasteiger partial charge in [-0.25, -0.2) is 0 Å². The summed E-state index contributed by atoms with van der Waals surface area (Å²) in [5, 5.41) is 0. The second-order valence-electron chi connectivity index (χ2n) is 4.62. The van der Waals surface area contributed by atoms with E-state index in [1.165, 1.54) is 0 Å². The van der Waals surface area contributed by atoms with Crippen LogP contribution < -0.4 is 0 Å². The Hall–Kier alpha value is -0.860. The van der Waals surface area contributed by atoms with E-state index in [0.717, 1.165) is 12.8 Å². The average molecular weight is 226 g/mol. The van der Waals surface area contributed by atoms with Crippen LogP contribution in [0, 0.1) is 17.8 Å². The summed E-state index contributed by atoms with van der Waals surface area (Å²) in [6.45, 7) is 6.33. The van der Waals surface area contributed by atoms with E-state index < -0.39 is 0 Å². The molecule has 0 amide bonds. The topological polar surface area (TPSA) is 43.4 Å². The molecule has 92 valence electrons. The van der Waals surface area contributed by atoms with Gasteiger partial charge in [0.2, 0.25) is 0 Å². The predicted octanol–water partition coefficient (Wildman–Crippen LogP) is 2.58. The molecule has 0 radical (unpaired) electrons. The molecule has 16 heavy (non-hydrogen) atoms. The summed E-state index contributed by atoms with van der Waals surface area (Å²) in [6, 6.07) is 0. The maximum atomic E-state index is 11.8. The Labute approximate surface area is 97.5 Å². The van der Waals surface area contributed by atoms with Gasteiger partial charge in [0.25, 0.3) is 0 Å². The number of esters is 1. The molecule has 1 aliphatic carbocycles. The molecule has 3 unspecified atom stereocenters. The number of carbonyl (C=O) groups excluding carboxylic acids is 2. The molecule has 0 N–H and O–H groups in total. The van der Waals surface area contributed by atoms with Crippen molar-refractivity contribution in [3.05, 3.63) is 0 Å². The van der Waals surface area contributed by atoms with Gasteiger partial charge < -0.3 is 4.74 Å². The van der Waals surface area contributed by atoms with Gasteiger partial charge in [-0.05, 0) is 25.7 Å². The van der Waals surface area contributed by atoms with Crippen LogP contribution in [0.2, 0.25) is 0 Å². The van der Waals surface area contributed by atoms with E-state index in [1.54, 1.807) is 0 Å². The van der Waals surface area contributed by atoms with Crippen LogP contribution >= 0.6 is 0 Å². The molecule has 1 aliphatic rings. The summed E-state index contributed by atoms with van der Waals surface area (Å²) in [5.74, 6) is 0.334. The summed E-state index contributed by atoms with van der Waals surface area (Å²) in [5.41, 5.74) is 0. The van der Waals surface area contributed by atoms with Crippen LogP contribution in [-0.4, -0.2) is 18.4 Å². The highest BCUT2D eigenvalue weighted by atomic mass is 16.5. The summed E-state index contributed by atoms with van der Waals surface area (Å²) in [6.07, 6.45) is 3.10. The molecule has 3 atom stereocenters. The quantitative estimate of drug-likeness (QED) is 0.692. The molecule has 3 nitrogen and oxygen atoms in total. The molecule has 0 aromatic rings. The minimum absolute atomic E-state index is 0.0631. The molecule has 0 bridgehead atoms. The van der Waals surface area contributed by atoms with Crippen LogP contribution in [0.15, 0.2) is 0 Å². The molecule has 3 heteroatoms. The first-order valence-electron chi connectivity index (χ1n) is 6.31. The molecule has 1 fully saturated rings. The maximum absolute atomic E-state index is 11.8. The van der Waals surface area contributed by atoms with Crippen molar-refractivity contribution in [3.8, 4) is 0 Å². The van der Waals surface area contributed by atoms with Crippen molar-refractivity contribution in [3.63, 3.8) is 0 Å². The third-order valence-corrected chi connectivity index (χ3v) is 3.57. The Kier molecular flexibility index (Phi) is 4.97. The van der Waals surface area contributed by atoms with Crippen LogP contribution in [0.4, 0.5) is 0 Å². The largest absolute Gasteiger partial charge is 0.466 e. The molecule has 0 aromatic heterocycles. The van der Waals surface area contributed by atoms with Crippen molar-refractivity contribution in [1.29, 1.82) is 0 Å². The van der Waals surface area contributed by atoms with E-state index >= 15 is 0 Å². The van der Waals surface area contributed by atoms with Crippen molar-refractivity contribution in [2.75, 3.05) is 6.61 Å². The van der Waals surface area contributed by atoms with E-state index in [0.29, 0.717) is 25.2 Å². The van der Waals surface area contributed by atoms with Crippen LogP contribution in [0.5, 0.6) is 0 Å². The fourth-order valence-corrected chi connectivity index (χ4v) is 2.64. The van der Waals surface area contributed by atoms with Crippen molar-refractivity contribution in [2.45, 2.75) is 46.5 Å². The van der Waals surface area contributed by atoms with Gasteiger partial charge >= 0.3 is 5.97 Å². The number of Topliss-reactive ketones (excluding diaryl/α,β-unsaturated/α-hetero) is 1. The highest BCUT2D eigenvalue weighted by Crippen LogP contribution is 2.35. The number of rotatable bonds is 4. The summed E-state index contributed by atoms with van der Waals surface area (Å²) in [7, 11) is 0. The van der Waals surface area contributed by atoms with Gasteiger partial charge in [-0.2, -0.15) is 0 Å². The molecule has 0 spiro atoms. The van der Waals surface area contributed by atoms with Gasteiger partial charge in [-0.3, -0.25) is 9.59 Å². The maximum Gasteiger partial charge on any atom is 0.309 e. The zero-order valence-electron chi connectivity index (χ0n) is 10.5. The Morgan fingerprint density at radius 2 is 2.12 bits per heavy atom. The molecule has 1 saturated carbocycles. The fourth-order valence-electron chi connectivity index (χ4n) is 2.64. The number of ether oxygens (including phenoxy) is 1. The van der Waals surface area contributed by atoms with Crippen molar-refractivity contribution in [1.82, 2.24) is 0 Å². The van der Waals surface area contributed by atoms with E-state index in [1.807, 2.05) is 13.8 Å². The van der Waals surface area contributed by atoms with Gasteiger partial charge in [0.05, 0.1) is 12.5 Å². The van der Waals surface area contributed by atoms with Gasteiger partial charge in [0.1, 0.15) is 5.78 Å². The van der Waals surface area contributed by atoms with Gasteiger partial charge in [0, 0.05) is 12.3 Å². The monoisotopic (exact) mass is 226 g/mol. The highest BCUT2D eigenvalue weighted by molar-refractivity contribution is 5.85. The van der Waals surface area contributed by atoms with Crippen LogP contribution in [0.3, 0.4) is 0 Å². The first-order chi connectivity index (χ1) is 7.61. The van der Waals surface area contributed by atoms with E-state index in [9.17, 15) is 9.59 Å². The lowest BCUT2D eigenvalue weighted by Crippen LogP contribution is -2.38. The third-order valence-electron chi connectivity index (χ3n) is 3.57. The minimum Gasteiger partial charge on any atom is -0.466 e. The highest BCUT2D eigenvalue weighted by Gasteiger charge is 2.39. The minimum atomic E-state index is -0.122. The SMILES string of the molecule is CCCC1C(=O)CCC(C(=O)OCC)C1C. The summed E-state index contributed by atoms with van der Waals surface area (Å²) < 4.78 is 5.06. The van der Waals surface area contributed by atoms with Crippen molar-refractivity contribution >= 4 is 11.8 Å². The van der Waals surface area contributed by atoms with Gasteiger partial charge in [0.15, 0.2) is 0 Å². The Morgan fingerprint density at radius 1 is 1.44 bits per heavy atom. The van der Waals surface area contributed by atoms with Gasteiger partial charge in [-0.15, -0.1) is 0 Å². The van der Waals surface area contributed by atoms with Crippen LogP contribution in [0.25, 0.3) is 0 Å². The van der Waals surface area contributed by atoms with E-state index in [-0.39, 0.29) is 23.7 Å². The second-order valence-corrected chi connectivity index (χ2v) is 4.62. The normalized spacial score (nSPS) is 30.2. The fraction of sp³-hybridized carbons (Fsp3) is 0.846. The molecule has 0 saturated heterocycles. The average Bonchev–Trinajstić information content (AvgIpc) is 2.24. The zero-order chi connectivity index (χ0) is 12.1. The summed E-state index contributed by atoms with van der Waals surface area (Å²) in [4.78, 5) is 23.5. The van der Waals surface area contributed by atoms with Gasteiger partial charge in [-0.1, -0.05) is 20.3 Å². The first-order valence-corrected chi connectivity index (χ1v) is 6.31. The molecular formula is C13H22O3. The second kappa shape index (κ2) is 6.02. The predicted molar refractivity (Wildman–Crippen MR) is 61.9 cm³/mol. The summed E-state index contributed by atoms with van der Waals surface area (Å²) >= 11 is 0. The Bertz CT molecular complexity index is 260. The molecular weight excluding hydrogens is 204 g/mol. The van der Waals surface area contributed by atoms with E-state index in [2.05, 4.69) is 6.92 Å². The molecule has 0 aromatic carbocycles. The molecule has 0 heterocycles. The number of hydrogen-bond acceptors (Lipinski definition) is 3. The smallest absolute Gasteiger partial charge is 0.309 e. The van der Waals surface area contributed by atoms with E-state index in [4.69, 9.17) is 4.74 Å². The third kappa shape index (κ3) is 2.83. The number of ketones is 1. The Morgan fingerprint density at radius 3 is 2.69 bits per heavy atom. The van der Waals surface area contributed by atoms with Crippen LogP contribution in [-0.2, 0) is 14.3 Å². The first kappa shape index (κ1) is 13.2.